The van der Waals surface area contributed by atoms with Crippen molar-refractivity contribution >= 4 is 0 Å². The van der Waals surface area contributed by atoms with Crippen molar-refractivity contribution in [1.29, 1.82) is 0 Å². The normalized spacial score (nSPS) is 16.0. The minimum Gasteiger partial charge on any atom is -0.396 e. The highest BCUT2D eigenvalue weighted by Crippen LogP contribution is 2.07. The van der Waals surface area contributed by atoms with E-state index in [1.54, 1.807) is 6.92 Å². The second-order valence-electron chi connectivity index (χ2n) is 3.30. The fraction of sp³-hybridized carbons (Fsp3) is 1.00. The van der Waals surface area contributed by atoms with Crippen LogP contribution in [0.1, 0.15) is 39.0 Å². The summed E-state index contributed by atoms with van der Waals surface area (Å²) in [5, 5.41) is 26.6. The van der Waals surface area contributed by atoms with Crippen molar-refractivity contribution in [2.45, 2.75) is 51.2 Å². The SMILES string of the molecule is CC(O)CCCCC(O)CCO. The highest BCUT2D eigenvalue weighted by molar-refractivity contribution is 4.56. The van der Waals surface area contributed by atoms with Crippen LogP contribution in [0, 0.1) is 0 Å². The maximum Gasteiger partial charge on any atom is 0.0562 e. The fourth-order valence-corrected chi connectivity index (χ4v) is 1.11. The van der Waals surface area contributed by atoms with Gasteiger partial charge < -0.3 is 15.3 Å². The molecule has 3 heteroatoms. The van der Waals surface area contributed by atoms with Crippen molar-refractivity contribution < 1.29 is 15.3 Å². The third-order valence-corrected chi connectivity index (χ3v) is 1.87. The molecule has 0 fully saturated rings. The molecular weight excluding hydrogens is 156 g/mol. The van der Waals surface area contributed by atoms with E-state index in [-0.39, 0.29) is 18.8 Å². The van der Waals surface area contributed by atoms with E-state index in [1.807, 2.05) is 0 Å². The minimum absolute atomic E-state index is 0.0531. The molecule has 0 amide bonds. The summed E-state index contributed by atoms with van der Waals surface area (Å²) in [5.74, 6) is 0. The standard InChI is InChI=1S/C9H20O3/c1-8(11)4-2-3-5-9(12)6-7-10/h8-12H,2-7H2,1H3. The van der Waals surface area contributed by atoms with E-state index in [4.69, 9.17) is 10.2 Å². The summed E-state index contributed by atoms with van der Waals surface area (Å²) in [6.45, 7) is 1.82. The van der Waals surface area contributed by atoms with Crippen molar-refractivity contribution in [3.8, 4) is 0 Å². The van der Waals surface area contributed by atoms with E-state index in [2.05, 4.69) is 0 Å². The molecule has 0 saturated heterocycles. The molecule has 0 aromatic rings. The summed E-state index contributed by atoms with van der Waals surface area (Å²) in [7, 11) is 0. The van der Waals surface area contributed by atoms with E-state index in [0.717, 1.165) is 25.7 Å². The predicted octanol–water partition coefficient (Wildman–Crippen LogP) is 0.671. The summed E-state index contributed by atoms with van der Waals surface area (Å²) in [4.78, 5) is 0. The van der Waals surface area contributed by atoms with Crippen LogP contribution in [-0.2, 0) is 0 Å². The van der Waals surface area contributed by atoms with Gasteiger partial charge in [0.05, 0.1) is 12.2 Å². The summed E-state index contributed by atoms with van der Waals surface area (Å²) in [6.07, 6.45) is 3.25. The van der Waals surface area contributed by atoms with Crippen LogP contribution in [0.25, 0.3) is 0 Å². The van der Waals surface area contributed by atoms with Gasteiger partial charge >= 0.3 is 0 Å². The van der Waals surface area contributed by atoms with Crippen molar-refractivity contribution in [1.82, 2.24) is 0 Å². The molecule has 3 N–H and O–H groups in total. The van der Waals surface area contributed by atoms with Crippen molar-refractivity contribution in [3.63, 3.8) is 0 Å². The predicted molar refractivity (Wildman–Crippen MR) is 47.9 cm³/mol. The van der Waals surface area contributed by atoms with Crippen LogP contribution >= 0.6 is 0 Å². The molecule has 0 aromatic heterocycles. The van der Waals surface area contributed by atoms with Gasteiger partial charge in [0.2, 0.25) is 0 Å². The van der Waals surface area contributed by atoms with Crippen LogP contribution in [0.3, 0.4) is 0 Å². The smallest absolute Gasteiger partial charge is 0.0562 e. The Morgan fingerprint density at radius 3 is 2.08 bits per heavy atom. The lowest BCUT2D eigenvalue weighted by atomic mass is 10.1. The first-order valence-electron chi connectivity index (χ1n) is 4.63. The molecule has 2 atom stereocenters. The number of hydrogen-bond acceptors (Lipinski definition) is 3. The molecule has 0 aliphatic heterocycles. The third-order valence-electron chi connectivity index (χ3n) is 1.87. The third kappa shape index (κ3) is 7.98. The molecule has 0 aliphatic carbocycles. The van der Waals surface area contributed by atoms with Crippen molar-refractivity contribution in [3.05, 3.63) is 0 Å². The molecule has 0 aromatic carbocycles. The Morgan fingerprint density at radius 2 is 1.58 bits per heavy atom. The van der Waals surface area contributed by atoms with Gasteiger partial charge in [-0.1, -0.05) is 12.8 Å². The highest BCUT2D eigenvalue weighted by Gasteiger charge is 2.02. The average molecular weight is 176 g/mol. The molecule has 0 heterocycles. The molecule has 0 radical (unpaired) electrons. The number of unbranched alkanes of at least 4 members (excludes halogenated alkanes) is 1. The van der Waals surface area contributed by atoms with Gasteiger partial charge in [-0.3, -0.25) is 0 Å². The quantitative estimate of drug-likeness (QED) is 0.500. The van der Waals surface area contributed by atoms with Crippen LogP contribution in [0.15, 0.2) is 0 Å². The summed E-state index contributed by atoms with van der Waals surface area (Å²) in [6, 6.07) is 0. The van der Waals surface area contributed by atoms with E-state index in [9.17, 15) is 5.11 Å². The Balaban J connectivity index is 3.08. The zero-order valence-electron chi connectivity index (χ0n) is 7.74. The number of hydrogen-bond donors (Lipinski definition) is 3. The molecule has 3 nitrogen and oxygen atoms in total. The molecule has 0 aliphatic rings. The maximum absolute atomic E-state index is 9.19. The molecule has 0 saturated carbocycles. The van der Waals surface area contributed by atoms with Crippen LogP contribution < -0.4 is 0 Å². The first-order chi connectivity index (χ1) is 5.66. The Bertz CT molecular complexity index is 93.8. The van der Waals surface area contributed by atoms with Crippen LogP contribution in [0.2, 0.25) is 0 Å². The lowest BCUT2D eigenvalue weighted by Crippen LogP contribution is -2.08. The lowest BCUT2D eigenvalue weighted by Gasteiger charge is -2.08. The molecule has 0 bridgehead atoms. The lowest BCUT2D eigenvalue weighted by molar-refractivity contribution is 0.119. The minimum atomic E-state index is -0.371. The molecular formula is C9H20O3. The summed E-state index contributed by atoms with van der Waals surface area (Å²) < 4.78 is 0. The van der Waals surface area contributed by atoms with E-state index < -0.39 is 0 Å². The second kappa shape index (κ2) is 7.53. The van der Waals surface area contributed by atoms with Gasteiger partial charge in [0.1, 0.15) is 0 Å². The topological polar surface area (TPSA) is 60.7 Å². The Morgan fingerprint density at radius 1 is 1.00 bits per heavy atom. The average Bonchev–Trinajstić information content (AvgIpc) is 1.98. The zero-order valence-corrected chi connectivity index (χ0v) is 7.74. The highest BCUT2D eigenvalue weighted by atomic mass is 16.3. The summed E-state index contributed by atoms with van der Waals surface area (Å²) in [5.41, 5.74) is 0. The van der Waals surface area contributed by atoms with Crippen LogP contribution in [0.5, 0.6) is 0 Å². The first-order valence-corrected chi connectivity index (χ1v) is 4.63. The van der Waals surface area contributed by atoms with Gasteiger partial charge in [-0.2, -0.15) is 0 Å². The van der Waals surface area contributed by atoms with Gasteiger partial charge in [0, 0.05) is 6.61 Å². The Hall–Kier alpha value is -0.120. The van der Waals surface area contributed by atoms with Gasteiger partial charge in [-0.05, 0) is 26.2 Å². The van der Waals surface area contributed by atoms with Gasteiger partial charge in [-0.25, -0.2) is 0 Å². The van der Waals surface area contributed by atoms with Crippen LogP contribution in [-0.4, -0.2) is 34.1 Å². The maximum atomic E-state index is 9.19. The first kappa shape index (κ1) is 11.9. The molecule has 12 heavy (non-hydrogen) atoms. The number of rotatable bonds is 7. The number of aliphatic hydroxyl groups is 3. The van der Waals surface area contributed by atoms with Crippen LogP contribution in [0.4, 0.5) is 0 Å². The number of aliphatic hydroxyl groups excluding tert-OH is 3. The Kier molecular flexibility index (Phi) is 7.45. The van der Waals surface area contributed by atoms with Gasteiger partial charge in [0.15, 0.2) is 0 Å². The summed E-state index contributed by atoms with van der Waals surface area (Å²) >= 11 is 0. The van der Waals surface area contributed by atoms with Gasteiger partial charge in [0.25, 0.3) is 0 Å². The van der Waals surface area contributed by atoms with Gasteiger partial charge in [-0.15, -0.1) is 0 Å². The van der Waals surface area contributed by atoms with Crippen molar-refractivity contribution in [2.24, 2.45) is 0 Å². The largest absolute Gasteiger partial charge is 0.396 e. The second-order valence-corrected chi connectivity index (χ2v) is 3.30. The Labute approximate surface area is 74.0 Å². The molecule has 0 spiro atoms. The fourth-order valence-electron chi connectivity index (χ4n) is 1.11. The molecule has 74 valence electrons. The molecule has 2 unspecified atom stereocenters. The molecule has 0 rings (SSSR count). The van der Waals surface area contributed by atoms with E-state index in [0.29, 0.717) is 6.42 Å². The zero-order chi connectivity index (χ0) is 9.40. The van der Waals surface area contributed by atoms with Crippen molar-refractivity contribution in [2.75, 3.05) is 6.61 Å². The van der Waals surface area contributed by atoms with E-state index >= 15 is 0 Å². The monoisotopic (exact) mass is 176 g/mol. The van der Waals surface area contributed by atoms with E-state index in [1.165, 1.54) is 0 Å².